The second-order valence-electron chi connectivity index (χ2n) is 4.71. The van der Waals surface area contributed by atoms with Crippen molar-refractivity contribution in [3.8, 4) is 11.5 Å². The Bertz CT molecular complexity index is 939. The first kappa shape index (κ1) is 14.6. The van der Waals surface area contributed by atoms with Crippen LogP contribution in [0.2, 0.25) is 0 Å². The van der Waals surface area contributed by atoms with Gasteiger partial charge < -0.3 is 14.3 Å². The zero-order valence-corrected chi connectivity index (χ0v) is 11.9. The summed E-state index contributed by atoms with van der Waals surface area (Å²) in [5.74, 6) is -0.546. The molecule has 0 saturated heterocycles. The van der Waals surface area contributed by atoms with Gasteiger partial charge in [-0.2, -0.15) is 0 Å². The molecule has 5 nitrogen and oxygen atoms in total. The number of ketones is 1. The highest BCUT2D eigenvalue weighted by Gasteiger charge is 2.18. The van der Waals surface area contributed by atoms with Gasteiger partial charge in [-0.15, -0.1) is 0 Å². The number of hydrogen-bond acceptors (Lipinski definition) is 5. The molecule has 0 atom stereocenters. The number of allylic oxidation sites excluding steroid dienone is 1. The van der Waals surface area contributed by atoms with Crippen molar-refractivity contribution in [3.63, 3.8) is 0 Å². The molecule has 0 spiro atoms. The van der Waals surface area contributed by atoms with Gasteiger partial charge in [-0.1, -0.05) is 30.3 Å². The van der Waals surface area contributed by atoms with Crippen LogP contribution in [0, 0.1) is 0 Å². The Balaban J connectivity index is 1.90. The van der Waals surface area contributed by atoms with Crippen LogP contribution < -0.4 is 10.4 Å². The van der Waals surface area contributed by atoms with Crippen molar-refractivity contribution < 1.29 is 19.1 Å². The van der Waals surface area contributed by atoms with Crippen molar-refractivity contribution in [2.45, 2.75) is 0 Å². The van der Waals surface area contributed by atoms with Crippen molar-refractivity contribution in [1.82, 2.24) is 0 Å². The lowest BCUT2D eigenvalue weighted by Crippen LogP contribution is -2.13. The summed E-state index contributed by atoms with van der Waals surface area (Å²) < 4.78 is 10.3. The molecule has 0 aliphatic heterocycles. The van der Waals surface area contributed by atoms with E-state index in [0.29, 0.717) is 11.1 Å². The maximum atomic E-state index is 12.1. The SMILES string of the molecule is O=C(/C=C/Oc1ccccc1)c1c(O)c2ccccc2oc1=O. The summed E-state index contributed by atoms with van der Waals surface area (Å²) in [5, 5.41) is 10.5. The number of carbonyl (C=O) groups is 1. The molecule has 1 heterocycles. The van der Waals surface area contributed by atoms with Crippen molar-refractivity contribution in [2.75, 3.05) is 0 Å². The lowest BCUT2D eigenvalue weighted by molar-refractivity contribution is 0.103. The maximum Gasteiger partial charge on any atom is 0.351 e. The molecule has 0 unspecified atom stereocenters. The van der Waals surface area contributed by atoms with Crippen LogP contribution in [-0.2, 0) is 0 Å². The molecule has 0 amide bonds. The maximum absolute atomic E-state index is 12.1. The average molecular weight is 308 g/mol. The Morgan fingerprint density at radius 3 is 2.52 bits per heavy atom. The highest BCUT2D eigenvalue weighted by molar-refractivity contribution is 6.08. The molecular weight excluding hydrogens is 296 g/mol. The zero-order chi connectivity index (χ0) is 16.2. The third-order valence-electron chi connectivity index (χ3n) is 3.20. The highest BCUT2D eigenvalue weighted by Crippen LogP contribution is 2.26. The molecule has 114 valence electrons. The van der Waals surface area contributed by atoms with Gasteiger partial charge in [0.25, 0.3) is 0 Å². The van der Waals surface area contributed by atoms with E-state index >= 15 is 0 Å². The topological polar surface area (TPSA) is 76.7 Å². The number of fused-ring (bicyclic) bond motifs is 1. The summed E-state index contributed by atoms with van der Waals surface area (Å²) in [6.45, 7) is 0. The van der Waals surface area contributed by atoms with Crippen LogP contribution in [-0.4, -0.2) is 10.9 Å². The van der Waals surface area contributed by atoms with Gasteiger partial charge in [0.05, 0.1) is 11.6 Å². The average Bonchev–Trinajstić information content (AvgIpc) is 2.56. The molecule has 3 rings (SSSR count). The molecule has 0 fully saturated rings. The minimum atomic E-state index is -0.893. The second kappa shape index (κ2) is 6.19. The standard InChI is InChI=1S/C18H12O5/c19-14(10-11-22-12-6-2-1-3-7-12)16-17(20)13-8-4-5-9-15(13)23-18(16)21/h1-11,20H/b11-10+. The molecule has 5 heteroatoms. The van der Waals surface area contributed by atoms with Gasteiger partial charge in [0.15, 0.2) is 5.78 Å². The third kappa shape index (κ3) is 2.98. The lowest BCUT2D eigenvalue weighted by atomic mass is 10.1. The van der Waals surface area contributed by atoms with Gasteiger partial charge in [0, 0.05) is 6.08 Å². The molecule has 0 aliphatic rings. The predicted octanol–water partition coefficient (Wildman–Crippen LogP) is 3.27. The van der Waals surface area contributed by atoms with Gasteiger partial charge in [-0.25, -0.2) is 4.79 Å². The van der Waals surface area contributed by atoms with E-state index in [4.69, 9.17) is 9.15 Å². The number of ether oxygens (including phenoxy) is 1. The van der Waals surface area contributed by atoms with Gasteiger partial charge >= 0.3 is 5.63 Å². The second-order valence-corrected chi connectivity index (χ2v) is 4.71. The molecule has 0 radical (unpaired) electrons. The largest absolute Gasteiger partial charge is 0.506 e. The van der Waals surface area contributed by atoms with Crippen LogP contribution in [0.15, 0.2) is 76.1 Å². The Kier molecular flexibility index (Phi) is 3.93. The van der Waals surface area contributed by atoms with Crippen LogP contribution in [0.3, 0.4) is 0 Å². The van der Waals surface area contributed by atoms with Crippen molar-refractivity contribution >= 4 is 16.8 Å². The van der Waals surface area contributed by atoms with Crippen LogP contribution >= 0.6 is 0 Å². The van der Waals surface area contributed by atoms with Crippen LogP contribution in [0.1, 0.15) is 10.4 Å². The van der Waals surface area contributed by atoms with Gasteiger partial charge in [0.2, 0.25) is 0 Å². The molecular formula is C18H12O5. The molecule has 0 bridgehead atoms. The number of para-hydroxylation sites is 2. The van der Waals surface area contributed by atoms with E-state index in [1.54, 1.807) is 48.5 Å². The summed E-state index contributed by atoms with van der Waals surface area (Å²) in [6, 6.07) is 15.3. The van der Waals surface area contributed by atoms with Gasteiger partial charge in [-0.05, 0) is 24.3 Å². The first-order chi connectivity index (χ1) is 11.2. The number of hydrogen-bond donors (Lipinski definition) is 1. The van der Waals surface area contributed by atoms with E-state index in [1.807, 2.05) is 6.07 Å². The Labute approximate surface area is 131 Å². The number of carbonyl (C=O) groups excluding carboxylic acids is 1. The van der Waals surface area contributed by atoms with Crippen LogP contribution in [0.4, 0.5) is 0 Å². The van der Waals surface area contributed by atoms with Crippen molar-refractivity contribution in [2.24, 2.45) is 0 Å². The van der Waals surface area contributed by atoms with E-state index in [-0.39, 0.29) is 5.58 Å². The molecule has 23 heavy (non-hydrogen) atoms. The summed E-state index contributed by atoms with van der Waals surface area (Å²) >= 11 is 0. The Hall–Kier alpha value is -3.34. The quantitative estimate of drug-likeness (QED) is 0.346. The van der Waals surface area contributed by atoms with E-state index in [1.165, 1.54) is 0 Å². The van der Waals surface area contributed by atoms with E-state index in [9.17, 15) is 14.7 Å². The fourth-order valence-electron chi connectivity index (χ4n) is 2.11. The molecule has 0 saturated carbocycles. The number of benzene rings is 2. The van der Waals surface area contributed by atoms with Gasteiger partial charge in [0.1, 0.15) is 22.6 Å². The Morgan fingerprint density at radius 1 is 1.04 bits per heavy atom. The lowest BCUT2D eigenvalue weighted by Gasteiger charge is -2.03. The van der Waals surface area contributed by atoms with Crippen LogP contribution in [0.5, 0.6) is 11.5 Å². The molecule has 2 aromatic carbocycles. The van der Waals surface area contributed by atoms with E-state index in [0.717, 1.165) is 12.3 Å². The number of aromatic hydroxyl groups is 1. The minimum Gasteiger partial charge on any atom is -0.506 e. The van der Waals surface area contributed by atoms with Crippen molar-refractivity contribution in [1.29, 1.82) is 0 Å². The molecule has 1 aromatic heterocycles. The summed E-state index contributed by atoms with van der Waals surface area (Å²) in [4.78, 5) is 24.0. The first-order valence-corrected chi connectivity index (χ1v) is 6.84. The normalized spacial score (nSPS) is 11.0. The molecule has 1 N–H and O–H groups in total. The predicted molar refractivity (Wildman–Crippen MR) is 84.7 cm³/mol. The fraction of sp³-hybridized carbons (Fsp3) is 0. The zero-order valence-electron chi connectivity index (χ0n) is 11.9. The number of rotatable bonds is 4. The smallest absolute Gasteiger partial charge is 0.351 e. The Morgan fingerprint density at radius 2 is 1.74 bits per heavy atom. The third-order valence-corrected chi connectivity index (χ3v) is 3.20. The summed E-state index contributed by atoms with van der Waals surface area (Å²) in [5.41, 5.74) is -1.09. The van der Waals surface area contributed by atoms with Crippen LogP contribution in [0.25, 0.3) is 11.0 Å². The summed E-state index contributed by atoms with van der Waals surface area (Å²) in [6.07, 6.45) is 2.22. The molecule has 0 aliphatic carbocycles. The van der Waals surface area contributed by atoms with Crippen molar-refractivity contribution in [3.05, 3.63) is 82.9 Å². The highest BCUT2D eigenvalue weighted by atomic mass is 16.5. The fourth-order valence-corrected chi connectivity index (χ4v) is 2.11. The minimum absolute atomic E-state index is 0.219. The monoisotopic (exact) mass is 308 g/mol. The summed E-state index contributed by atoms with van der Waals surface area (Å²) in [7, 11) is 0. The van der Waals surface area contributed by atoms with E-state index in [2.05, 4.69) is 0 Å². The van der Waals surface area contributed by atoms with E-state index < -0.39 is 22.7 Å². The molecule has 3 aromatic rings. The van der Waals surface area contributed by atoms with Gasteiger partial charge in [-0.3, -0.25) is 4.79 Å². The first-order valence-electron chi connectivity index (χ1n) is 6.84.